The number of carbonyl (C=O) groups is 1. The lowest BCUT2D eigenvalue weighted by Gasteiger charge is -2.36. The largest absolute Gasteiger partial charge is 0.463 e. The van der Waals surface area contributed by atoms with E-state index < -0.39 is 8.32 Å². The number of esters is 1. The molecule has 0 unspecified atom stereocenters. The van der Waals surface area contributed by atoms with E-state index in [2.05, 4.69) is 39.9 Å². The average Bonchev–Trinajstić information content (AvgIpc) is 2.43. The second-order valence-electron chi connectivity index (χ2n) is 6.50. The highest BCUT2D eigenvalue weighted by molar-refractivity contribution is 8.79. The molecule has 0 saturated carbocycles. The molecule has 22 heavy (non-hydrogen) atoms. The first-order chi connectivity index (χ1) is 10.2. The zero-order valence-corrected chi connectivity index (χ0v) is 16.9. The second-order valence-corrected chi connectivity index (χ2v) is 13.6. The van der Waals surface area contributed by atoms with Crippen LogP contribution >= 0.6 is 21.6 Å². The van der Waals surface area contributed by atoms with Crippen molar-refractivity contribution in [2.45, 2.75) is 45.8 Å². The van der Waals surface area contributed by atoms with Crippen LogP contribution in [0.5, 0.6) is 0 Å². The number of rotatable bonds is 6. The Morgan fingerprint density at radius 1 is 1.27 bits per heavy atom. The van der Waals surface area contributed by atoms with Crippen molar-refractivity contribution in [1.82, 2.24) is 0 Å². The van der Waals surface area contributed by atoms with Gasteiger partial charge in [0, 0.05) is 15.9 Å². The molecule has 1 rings (SSSR count). The fourth-order valence-corrected chi connectivity index (χ4v) is 4.29. The maximum atomic E-state index is 11.3. The van der Waals surface area contributed by atoms with Gasteiger partial charge in [0.1, 0.15) is 0 Å². The van der Waals surface area contributed by atoms with Crippen LogP contribution in [0.4, 0.5) is 0 Å². The zero-order chi connectivity index (χ0) is 16.8. The van der Waals surface area contributed by atoms with Crippen LogP contribution < -0.4 is 0 Å². The van der Waals surface area contributed by atoms with E-state index in [1.807, 2.05) is 6.08 Å². The first-order valence-electron chi connectivity index (χ1n) is 7.40. The minimum atomic E-state index is -1.70. The summed E-state index contributed by atoms with van der Waals surface area (Å²) in [5, 5.41) is 0.226. The molecule has 0 aromatic rings. The Kier molecular flexibility index (Phi) is 7.51. The molecule has 1 heterocycles. The van der Waals surface area contributed by atoms with Gasteiger partial charge in [0.2, 0.25) is 0 Å². The van der Waals surface area contributed by atoms with E-state index in [1.165, 1.54) is 11.0 Å². The molecule has 0 aliphatic carbocycles. The summed E-state index contributed by atoms with van der Waals surface area (Å²) in [6.45, 7) is 14.1. The Hall–Kier alpha value is -0.433. The molecule has 124 valence electrons. The number of carbonyl (C=O) groups excluding carboxylic acids is 1. The summed E-state index contributed by atoms with van der Waals surface area (Å²) in [6, 6.07) is 0. The molecule has 3 nitrogen and oxygen atoms in total. The van der Waals surface area contributed by atoms with Crippen LogP contribution in [0.1, 0.15) is 27.7 Å². The highest BCUT2D eigenvalue weighted by Gasteiger charge is 2.37. The third-order valence-electron chi connectivity index (χ3n) is 3.73. The van der Waals surface area contributed by atoms with E-state index in [9.17, 15) is 4.79 Å². The quantitative estimate of drug-likeness (QED) is 0.279. The summed E-state index contributed by atoms with van der Waals surface area (Å²) in [4.78, 5) is 13.5. The maximum absolute atomic E-state index is 11.3. The van der Waals surface area contributed by atoms with E-state index in [4.69, 9.17) is 9.16 Å². The average molecular weight is 359 g/mol. The van der Waals surface area contributed by atoms with Gasteiger partial charge < -0.3 is 9.16 Å². The Labute approximate surface area is 143 Å². The van der Waals surface area contributed by atoms with Crippen LogP contribution in [0.15, 0.2) is 34.1 Å². The summed E-state index contributed by atoms with van der Waals surface area (Å²) in [5.41, 5.74) is 0. The Morgan fingerprint density at radius 3 is 2.45 bits per heavy atom. The van der Waals surface area contributed by atoms with Gasteiger partial charge in [0.15, 0.2) is 8.32 Å². The van der Waals surface area contributed by atoms with Crippen molar-refractivity contribution in [3.05, 3.63) is 34.1 Å². The fraction of sp³-hybridized carbons (Fsp3) is 0.562. The zero-order valence-electron chi connectivity index (χ0n) is 14.3. The fourth-order valence-electron chi connectivity index (χ4n) is 1.30. The molecule has 6 heteroatoms. The lowest BCUT2D eigenvalue weighted by Crippen LogP contribution is -2.41. The van der Waals surface area contributed by atoms with E-state index in [0.29, 0.717) is 13.2 Å². The first-order valence-corrected chi connectivity index (χ1v) is 12.5. The molecule has 0 fully saturated rings. The van der Waals surface area contributed by atoms with Crippen LogP contribution in [0.25, 0.3) is 0 Å². The minimum Gasteiger partial charge on any atom is -0.463 e. The summed E-state index contributed by atoms with van der Waals surface area (Å²) in [6.07, 6.45) is 7.34. The normalized spacial score (nSPS) is 16.5. The van der Waals surface area contributed by atoms with Gasteiger partial charge >= 0.3 is 5.97 Å². The topological polar surface area (TPSA) is 35.5 Å². The van der Waals surface area contributed by atoms with Crippen LogP contribution in [0.3, 0.4) is 0 Å². The van der Waals surface area contributed by atoms with Crippen molar-refractivity contribution in [2.75, 3.05) is 13.2 Å². The summed E-state index contributed by atoms with van der Waals surface area (Å²) in [7, 11) is 1.63. The van der Waals surface area contributed by atoms with Gasteiger partial charge in [-0.15, -0.1) is 0 Å². The standard InChI is InChI=1S/C16H26O3S2Si/c1-7-18-15(17)11-10-13-8-9-14(21-20-13)12-19-22(5,6)16(2,3)4/h8-11H,7,12H2,1-6H3/b11-10+. The predicted molar refractivity (Wildman–Crippen MR) is 100 cm³/mol. The van der Waals surface area contributed by atoms with E-state index in [1.54, 1.807) is 34.6 Å². The van der Waals surface area contributed by atoms with Gasteiger partial charge in [0.25, 0.3) is 0 Å². The van der Waals surface area contributed by atoms with Crippen molar-refractivity contribution in [3.63, 3.8) is 0 Å². The summed E-state index contributed by atoms with van der Waals surface area (Å²) in [5.74, 6) is -0.301. The molecule has 0 aromatic heterocycles. The number of allylic oxidation sites excluding steroid dienone is 3. The van der Waals surface area contributed by atoms with Crippen LogP contribution in [0.2, 0.25) is 18.1 Å². The molecule has 0 spiro atoms. The van der Waals surface area contributed by atoms with Crippen LogP contribution in [-0.4, -0.2) is 27.5 Å². The van der Waals surface area contributed by atoms with Gasteiger partial charge in [-0.2, -0.15) is 0 Å². The minimum absolute atomic E-state index is 0.226. The molecule has 0 N–H and O–H groups in total. The number of hydrogen-bond donors (Lipinski definition) is 0. The van der Waals surface area contributed by atoms with E-state index in [-0.39, 0.29) is 11.0 Å². The lowest BCUT2D eigenvalue weighted by atomic mass is 10.2. The van der Waals surface area contributed by atoms with E-state index >= 15 is 0 Å². The monoisotopic (exact) mass is 358 g/mol. The highest BCUT2D eigenvalue weighted by atomic mass is 33.1. The van der Waals surface area contributed by atoms with Crippen molar-refractivity contribution in [2.24, 2.45) is 0 Å². The Balaban J connectivity index is 2.55. The molecule has 0 atom stereocenters. The molecule has 0 amide bonds. The molecule has 1 aliphatic rings. The molecular formula is C16H26O3S2Si. The third-order valence-corrected chi connectivity index (χ3v) is 10.7. The second kappa shape index (κ2) is 8.43. The van der Waals surface area contributed by atoms with Crippen molar-refractivity contribution < 1.29 is 14.0 Å². The number of hydrogen-bond acceptors (Lipinski definition) is 5. The van der Waals surface area contributed by atoms with Gasteiger partial charge in [-0.05, 0) is 43.3 Å². The third kappa shape index (κ3) is 6.36. The molecular weight excluding hydrogens is 332 g/mol. The lowest BCUT2D eigenvalue weighted by molar-refractivity contribution is -0.137. The Morgan fingerprint density at radius 2 is 1.95 bits per heavy atom. The SMILES string of the molecule is CCOC(=O)/C=C/C1=CC=C(CO[Si](C)(C)C(C)(C)C)SS1. The van der Waals surface area contributed by atoms with Gasteiger partial charge in [-0.1, -0.05) is 42.4 Å². The van der Waals surface area contributed by atoms with Crippen molar-refractivity contribution in [3.8, 4) is 0 Å². The molecule has 0 saturated heterocycles. The summed E-state index contributed by atoms with van der Waals surface area (Å²) < 4.78 is 11.1. The number of ether oxygens (including phenoxy) is 1. The maximum Gasteiger partial charge on any atom is 0.330 e. The van der Waals surface area contributed by atoms with Gasteiger partial charge in [0.05, 0.1) is 13.2 Å². The first kappa shape index (κ1) is 19.6. The molecule has 0 bridgehead atoms. The van der Waals surface area contributed by atoms with Crippen LogP contribution in [0, 0.1) is 0 Å². The van der Waals surface area contributed by atoms with E-state index in [0.717, 1.165) is 4.91 Å². The predicted octanol–water partition coefficient (Wildman–Crippen LogP) is 5.29. The van der Waals surface area contributed by atoms with Gasteiger partial charge in [-0.25, -0.2) is 4.79 Å². The van der Waals surface area contributed by atoms with Crippen molar-refractivity contribution in [1.29, 1.82) is 0 Å². The van der Waals surface area contributed by atoms with Crippen LogP contribution in [-0.2, 0) is 14.0 Å². The molecule has 0 radical (unpaired) electrons. The summed E-state index contributed by atoms with van der Waals surface area (Å²) >= 11 is 0. The highest BCUT2D eigenvalue weighted by Crippen LogP contribution is 2.42. The smallest absolute Gasteiger partial charge is 0.330 e. The van der Waals surface area contributed by atoms with Gasteiger partial charge in [-0.3, -0.25) is 0 Å². The Bertz CT molecular complexity index is 488. The van der Waals surface area contributed by atoms with Crippen molar-refractivity contribution >= 4 is 35.9 Å². The molecule has 1 aliphatic heterocycles. The molecule has 0 aromatic carbocycles.